The van der Waals surface area contributed by atoms with E-state index in [0.717, 1.165) is 6.42 Å². The highest BCUT2D eigenvalue weighted by Crippen LogP contribution is 2.54. The summed E-state index contributed by atoms with van der Waals surface area (Å²) in [5, 5.41) is 3.97. The second kappa shape index (κ2) is 4.56. The topological polar surface area (TPSA) is 65.0 Å². The molecule has 0 aliphatic heterocycles. The number of hydrogen-bond acceptors (Lipinski definition) is 5. The Labute approximate surface area is 123 Å². The van der Waals surface area contributed by atoms with E-state index in [4.69, 9.17) is 8.94 Å². The Kier molecular flexibility index (Phi) is 2.70. The van der Waals surface area contributed by atoms with Crippen molar-refractivity contribution in [3.63, 3.8) is 0 Å². The monoisotopic (exact) mass is 331 g/mol. The molecule has 0 N–H and O–H groups in total. The SMILES string of the molecule is Brc1ccc(-c2noc([C@H]3C[C@H]3c3cccnc3)n2)o1. The van der Waals surface area contributed by atoms with Crippen LogP contribution >= 0.6 is 15.9 Å². The second-order valence-electron chi connectivity index (χ2n) is 4.80. The highest BCUT2D eigenvalue weighted by atomic mass is 79.9. The van der Waals surface area contributed by atoms with Gasteiger partial charge in [-0.05, 0) is 52.0 Å². The number of pyridine rings is 1. The molecule has 0 radical (unpaired) electrons. The minimum Gasteiger partial charge on any atom is -0.446 e. The second-order valence-corrected chi connectivity index (χ2v) is 5.58. The first-order valence-corrected chi connectivity index (χ1v) is 7.10. The summed E-state index contributed by atoms with van der Waals surface area (Å²) in [6.45, 7) is 0. The average Bonchev–Trinajstić information content (AvgIpc) is 2.91. The van der Waals surface area contributed by atoms with Gasteiger partial charge in [0.1, 0.15) is 0 Å². The van der Waals surface area contributed by atoms with Crippen molar-refractivity contribution in [1.29, 1.82) is 0 Å². The van der Waals surface area contributed by atoms with Gasteiger partial charge in [0.05, 0.1) is 0 Å². The third kappa shape index (κ3) is 2.06. The number of nitrogens with zero attached hydrogens (tertiary/aromatic N) is 3. The first kappa shape index (κ1) is 11.8. The van der Waals surface area contributed by atoms with Gasteiger partial charge in [-0.25, -0.2) is 0 Å². The molecule has 3 aromatic rings. The number of halogens is 1. The van der Waals surface area contributed by atoms with E-state index in [1.54, 1.807) is 12.3 Å². The van der Waals surface area contributed by atoms with Crippen molar-refractivity contribution in [2.45, 2.75) is 18.3 Å². The molecule has 0 unspecified atom stereocenters. The molecule has 3 heterocycles. The van der Waals surface area contributed by atoms with Gasteiger partial charge in [0.15, 0.2) is 10.4 Å². The third-order valence-electron chi connectivity index (χ3n) is 3.46. The van der Waals surface area contributed by atoms with Gasteiger partial charge in [-0.2, -0.15) is 4.98 Å². The summed E-state index contributed by atoms with van der Waals surface area (Å²) in [5.41, 5.74) is 1.22. The lowest BCUT2D eigenvalue weighted by Crippen LogP contribution is -1.85. The molecule has 4 rings (SSSR count). The maximum atomic E-state index is 5.42. The van der Waals surface area contributed by atoms with Crippen LogP contribution < -0.4 is 0 Å². The zero-order chi connectivity index (χ0) is 13.5. The summed E-state index contributed by atoms with van der Waals surface area (Å²) in [7, 11) is 0. The van der Waals surface area contributed by atoms with E-state index in [0.29, 0.717) is 34.0 Å². The predicted octanol–water partition coefficient (Wildman–Crippen LogP) is 3.76. The lowest BCUT2D eigenvalue weighted by molar-refractivity contribution is 0.377. The van der Waals surface area contributed by atoms with E-state index in [1.807, 2.05) is 18.3 Å². The van der Waals surface area contributed by atoms with E-state index < -0.39 is 0 Å². The Morgan fingerprint density at radius 2 is 2.15 bits per heavy atom. The zero-order valence-corrected chi connectivity index (χ0v) is 11.9. The Morgan fingerprint density at radius 1 is 1.20 bits per heavy atom. The van der Waals surface area contributed by atoms with Crippen LogP contribution in [0.5, 0.6) is 0 Å². The minimum absolute atomic E-state index is 0.291. The van der Waals surface area contributed by atoms with Crippen LogP contribution in [0.2, 0.25) is 0 Å². The fourth-order valence-electron chi connectivity index (χ4n) is 2.35. The highest BCUT2D eigenvalue weighted by molar-refractivity contribution is 9.10. The molecular formula is C14H10BrN3O2. The van der Waals surface area contributed by atoms with Gasteiger partial charge < -0.3 is 8.94 Å². The molecule has 0 aromatic carbocycles. The van der Waals surface area contributed by atoms with Crippen LogP contribution in [0.3, 0.4) is 0 Å². The lowest BCUT2D eigenvalue weighted by Gasteiger charge is -1.95. The van der Waals surface area contributed by atoms with Crippen LogP contribution in [0, 0.1) is 0 Å². The molecule has 1 fully saturated rings. The molecule has 6 heteroatoms. The molecule has 0 spiro atoms. The highest BCUT2D eigenvalue weighted by Gasteiger charge is 2.44. The van der Waals surface area contributed by atoms with Gasteiger partial charge in [-0.15, -0.1) is 0 Å². The van der Waals surface area contributed by atoms with Crippen molar-refractivity contribution in [2.75, 3.05) is 0 Å². The largest absolute Gasteiger partial charge is 0.446 e. The quantitative estimate of drug-likeness (QED) is 0.731. The fraction of sp³-hybridized carbons (Fsp3) is 0.214. The van der Waals surface area contributed by atoms with E-state index in [-0.39, 0.29) is 0 Å². The van der Waals surface area contributed by atoms with Crippen molar-refractivity contribution in [2.24, 2.45) is 0 Å². The molecule has 0 bridgehead atoms. The lowest BCUT2D eigenvalue weighted by atomic mass is 10.1. The fourth-order valence-corrected chi connectivity index (χ4v) is 2.66. The molecule has 2 atom stereocenters. The normalized spacial score (nSPS) is 21.1. The number of rotatable bonds is 3. The van der Waals surface area contributed by atoms with Crippen LogP contribution in [-0.4, -0.2) is 15.1 Å². The van der Waals surface area contributed by atoms with Gasteiger partial charge in [0.2, 0.25) is 11.7 Å². The standard InChI is InChI=1S/C14H10BrN3O2/c15-12-4-3-11(19-12)13-17-14(20-18-13)10-6-9(10)8-2-1-5-16-7-8/h1-5,7,9-10H,6H2/t9-,10-/m0/s1. The molecule has 0 amide bonds. The van der Waals surface area contributed by atoms with E-state index in [1.165, 1.54) is 5.56 Å². The van der Waals surface area contributed by atoms with Gasteiger partial charge in [-0.3, -0.25) is 4.98 Å². The molecule has 5 nitrogen and oxygen atoms in total. The first-order chi connectivity index (χ1) is 9.81. The van der Waals surface area contributed by atoms with Crippen molar-refractivity contribution >= 4 is 15.9 Å². The number of aromatic nitrogens is 3. The summed E-state index contributed by atoms with van der Waals surface area (Å²) in [5.74, 6) is 2.48. The molecule has 1 aliphatic rings. The van der Waals surface area contributed by atoms with Crippen LogP contribution in [0.15, 0.2) is 50.3 Å². The molecule has 100 valence electrons. The van der Waals surface area contributed by atoms with Gasteiger partial charge >= 0.3 is 0 Å². The number of furan rings is 1. The molecular weight excluding hydrogens is 322 g/mol. The van der Waals surface area contributed by atoms with Crippen LogP contribution in [0.25, 0.3) is 11.6 Å². The predicted molar refractivity (Wildman–Crippen MR) is 74.0 cm³/mol. The smallest absolute Gasteiger partial charge is 0.238 e. The zero-order valence-electron chi connectivity index (χ0n) is 10.4. The van der Waals surface area contributed by atoms with E-state index >= 15 is 0 Å². The number of hydrogen-bond donors (Lipinski definition) is 0. The average molecular weight is 332 g/mol. The Bertz CT molecular complexity index is 738. The molecule has 20 heavy (non-hydrogen) atoms. The summed E-state index contributed by atoms with van der Waals surface area (Å²) in [4.78, 5) is 8.56. The Balaban J connectivity index is 1.56. The van der Waals surface area contributed by atoms with Crippen LogP contribution in [0.4, 0.5) is 0 Å². The molecule has 1 aliphatic carbocycles. The van der Waals surface area contributed by atoms with Gasteiger partial charge in [-0.1, -0.05) is 11.2 Å². The summed E-state index contributed by atoms with van der Waals surface area (Å²) in [6.07, 6.45) is 4.70. The van der Waals surface area contributed by atoms with Crippen molar-refractivity contribution in [1.82, 2.24) is 15.1 Å². The summed E-state index contributed by atoms with van der Waals surface area (Å²) in [6, 6.07) is 7.65. The summed E-state index contributed by atoms with van der Waals surface area (Å²) >= 11 is 3.26. The summed E-state index contributed by atoms with van der Waals surface area (Å²) < 4.78 is 11.4. The Morgan fingerprint density at radius 3 is 2.90 bits per heavy atom. The van der Waals surface area contributed by atoms with E-state index in [2.05, 4.69) is 37.1 Å². The van der Waals surface area contributed by atoms with Gasteiger partial charge in [0, 0.05) is 18.3 Å². The first-order valence-electron chi connectivity index (χ1n) is 6.30. The Hall–Kier alpha value is -1.95. The van der Waals surface area contributed by atoms with Crippen LogP contribution in [-0.2, 0) is 0 Å². The van der Waals surface area contributed by atoms with E-state index in [9.17, 15) is 0 Å². The maximum absolute atomic E-state index is 5.42. The molecule has 3 aromatic heterocycles. The third-order valence-corrected chi connectivity index (χ3v) is 3.88. The van der Waals surface area contributed by atoms with Gasteiger partial charge in [0.25, 0.3) is 0 Å². The van der Waals surface area contributed by atoms with Crippen molar-refractivity contribution in [3.8, 4) is 11.6 Å². The minimum atomic E-state index is 0.291. The van der Waals surface area contributed by atoms with Crippen molar-refractivity contribution < 1.29 is 8.94 Å². The molecule has 0 saturated heterocycles. The van der Waals surface area contributed by atoms with Crippen LogP contribution in [0.1, 0.15) is 29.7 Å². The molecule has 1 saturated carbocycles. The maximum Gasteiger partial charge on any atom is 0.238 e. The van der Waals surface area contributed by atoms with Crippen molar-refractivity contribution in [3.05, 3.63) is 52.8 Å².